The summed E-state index contributed by atoms with van der Waals surface area (Å²) < 4.78 is 74.0. The third-order valence-corrected chi connectivity index (χ3v) is 7.33. The highest BCUT2D eigenvalue weighted by molar-refractivity contribution is 7.89. The van der Waals surface area contributed by atoms with Crippen LogP contribution in [0.2, 0.25) is 0 Å². The van der Waals surface area contributed by atoms with Crippen LogP contribution >= 0.6 is 0 Å². The Morgan fingerprint density at radius 1 is 1.24 bits per heavy atom. The molecule has 1 fully saturated rings. The Morgan fingerprint density at radius 2 is 1.94 bits per heavy atom. The first-order valence-electron chi connectivity index (χ1n) is 10.3. The van der Waals surface area contributed by atoms with E-state index in [0.717, 1.165) is 4.40 Å². The molecule has 0 unspecified atom stereocenters. The van der Waals surface area contributed by atoms with Gasteiger partial charge in [0.1, 0.15) is 0 Å². The summed E-state index contributed by atoms with van der Waals surface area (Å²) in [5.41, 5.74) is 6.26. The number of nitrogens with one attached hydrogen (secondary N) is 1. The highest BCUT2D eigenvalue weighted by atomic mass is 32.2. The van der Waals surface area contributed by atoms with Gasteiger partial charge in [0, 0.05) is 36.9 Å². The van der Waals surface area contributed by atoms with Crippen molar-refractivity contribution >= 4 is 21.7 Å². The number of hydrogen-bond acceptors (Lipinski definition) is 8. The van der Waals surface area contributed by atoms with E-state index in [1.165, 1.54) is 18.3 Å². The Balaban J connectivity index is 1.67. The number of aromatic nitrogens is 4. The van der Waals surface area contributed by atoms with Crippen LogP contribution in [0.5, 0.6) is 0 Å². The van der Waals surface area contributed by atoms with Gasteiger partial charge in [0.15, 0.2) is 0 Å². The predicted octanol–water partition coefficient (Wildman–Crippen LogP) is 1.77. The molecule has 3 aromatic rings. The molecule has 0 amide bonds. The number of nitrogen functional groups attached to an aromatic ring is 1. The van der Waals surface area contributed by atoms with E-state index in [0.29, 0.717) is 37.2 Å². The number of hydrogen-bond donors (Lipinski definition) is 3. The summed E-state index contributed by atoms with van der Waals surface area (Å²) in [5, 5.41) is 9.81. The van der Waals surface area contributed by atoms with Crippen molar-refractivity contribution in [3.05, 3.63) is 35.8 Å². The smallest absolute Gasteiger partial charge is 0.396 e. The van der Waals surface area contributed by atoms with E-state index >= 15 is 0 Å². The lowest BCUT2D eigenvalue weighted by molar-refractivity contribution is -0.144. The quantitative estimate of drug-likeness (QED) is 0.464. The maximum Gasteiger partial charge on any atom is 0.451 e. The number of aliphatic hydroxyl groups excluding tert-OH is 1. The maximum absolute atomic E-state index is 13.0. The van der Waals surface area contributed by atoms with Crippen LogP contribution in [-0.4, -0.2) is 59.2 Å². The third-order valence-electron chi connectivity index (χ3n) is 5.94. The molecule has 2 aromatic heterocycles. The molecule has 1 saturated heterocycles. The number of aliphatic hydroxyl groups is 1. The van der Waals surface area contributed by atoms with Crippen molar-refractivity contribution in [2.45, 2.75) is 30.8 Å². The van der Waals surface area contributed by atoms with Gasteiger partial charge in [0.2, 0.25) is 27.6 Å². The average Bonchev–Trinajstić information content (AvgIpc) is 3.23. The highest BCUT2D eigenvalue weighted by Gasteiger charge is 2.36. The van der Waals surface area contributed by atoms with Crippen molar-refractivity contribution in [3.8, 4) is 11.3 Å². The van der Waals surface area contributed by atoms with E-state index < -0.39 is 33.4 Å². The summed E-state index contributed by atoms with van der Waals surface area (Å²) in [4.78, 5) is 10.8. The molecule has 0 spiro atoms. The van der Waals surface area contributed by atoms with Gasteiger partial charge in [-0.25, -0.2) is 18.1 Å². The number of halogens is 3. The van der Waals surface area contributed by atoms with Gasteiger partial charge in [-0.1, -0.05) is 6.07 Å². The molecule has 1 aliphatic heterocycles. The fourth-order valence-electron chi connectivity index (χ4n) is 3.73. The number of ether oxygens (including phenoxy) is 1. The number of imidazole rings is 1. The molecule has 1 aliphatic rings. The van der Waals surface area contributed by atoms with Crippen molar-refractivity contribution in [1.82, 2.24) is 24.1 Å². The van der Waals surface area contributed by atoms with Crippen LogP contribution in [0.3, 0.4) is 0 Å². The van der Waals surface area contributed by atoms with E-state index in [1.54, 1.807) is 13.0 Å². The Morgan fingerprint density at radius 3 is 2.59 bits per heavy atom. The van der Waals surface area contributed by atoms with Crippen LogP contribution < -0.4 is 10.5 Å². The summed E-state index contributed by atoms with van der Waals surface area (Å²) in [6.07, 6.45) is -2.41. The lowest BCUT2D eigenvalue weighted by atomic mass is 9.81. The number of benzene rings is 1. The van der Waals surface area contributed by atoms with Crippen molar-refractivity contribution in [1.29, 1.82) is 0 Å². The second-order valence-electron chi connectivity index (χ2n) is 8.27. The Bertz CT molecular complexity index is 1320. The van der Waals surface area contributed by atoms with Gasteiger partial charge in [-0.3, -0.25) is 4.40 Å². The number of alkyl halides is 3. The van der Waals surface area contributed by atoms with Gasteiger partial charge >= 0.3 is 6.18 Å². The fraction of sp³-hybridized carbons (Fsp3) is 0.450. The molecule has 1 aromatic carbocycles. The Hall–Kier alpha value is -2.81. The van der Waals surface area contributed by atoms with E-state index in [1.807, 2.05) is 0 Å². The molecule has 10 nitrogen and oxygen atoms in total. The Kier molecular flexibility index (Phi) is 6.27. The first-order valence-corrected chi connectivity index (χ1v) is 11.8. The lowest BCUT2D eigenvalue weighted by Crippen LogP contribution is -2.43. The lowest BCUT2D eigenvalue weighted by Gasteiger charge is -2.35. The van der Waals surface area contributed by atoms with Gasteiger partial charge < -0.3 is 15.6 Å². The minimum atomic E-state index is -4.80. The normalized spacial score (nSPS) is 16.7. The molecule has 0 atom stereocenters. The van der Waals surface area contributed by atoms with Crippen LogP contribution in [0.4, 0.5) is 19.1 Å². The van der Waals surface area contributed by atoms with Crippen molar-refractivity contribution in [3.63, 3.8) is 0 Å². The zero-order chi connectivity index (χ0) is 24.7. The van der Waals surface area contributed by atoms with Gasteiger partial charge in [-0.05, 0) is 37.5 Å². The van der Waals surface area contributed by atoms with Crippen molar-refractivity contribution < 1.29 is 31.4 Å². The van der Waals surface area contributed by atoms with Gasteiger partial charge in [-0.15, -0.1) is 0 Å². The molecule has 184 valence electrons. The third kappa shape index (κ3) is 4.71. The second kappa shape index (κ2) is 8.76. The summed E-state index contributed by atoms with van der Waals surface area (Å²) in [6, 6.07) is 4.37. The number of rotatable bonds is 6. The number of anilines is 1. The standard InChI is InChI=1S/C20H23F3N6O4S/c1-12-2-3-13(34(31,32)25-10-19(11-30)4-6-33-7-5-19)8-14(12)15-9-29-17(24)27-16(20(21,22)23)28-18(29)26-15/h2-3,8-9,25,30H,4-7,10-11H2,1H3,(H2,24,26,27,28). The number of sulfonamides is 1. The summed E-state index contributed by atoms with van der Waals surface area (Å²) in [6.45, 7) is 2.45. The topological polar surface area (TPSA) is 145 Å². The summed E-state index contributed by atoms with van der Waals surface area (Å²) in [5.74, 6) is -2.19. The summed E-state index contributed by atoms with van der Waals surface area (Å²) in [7, 11) is -3.96. The zero-order valence-electron chi connectivity index (χ0n) is 18.1. The maximum atomic E-state index is 13.0. The van der Waals surface area contributed by atoms with E-state index in [4.69, 9.17) is 10.5 Å². The zero-order valence-corrected chi connectivity index (χ0v) is 18.9. The average molecular weight is 501 g/mol. The number of nitrogens with two attached hydrogens (primary N) is 1. The number of nitrogens with zero attached hydrogens (tertiary/aromatic N) is 4. The van der Waals surface area contributed by atoms with E-state index in [-0.39, 0.29) is 29.5 Å². The second-order valence-corrected chi connectivity index (χ2v) is 10.0. The summed E-state index contributed by atoms with van der Waals surface area (Å²) >= 11 is 0. The van der Waals surface area contributed by atoms with Gasteiger partial charge in [0.25, 0.3) is 0 Å². The van der Waals surface area contributed by atoms with Crippen LogP contribution in [-0.2, 0) is 20.9 Å². The largest absolute Gasteiger partial charge is 0.451 e. The molecule has 0 aliphatic carbocycles. The van der Waals surface area contributed by atoms with Crippen LogP contribution in [0.15, 0.2) is 29.3 Å². The fourth-order valence-corrected chi connectivity index (χ4v) is 4.91. The minimum Gasteiger partial charge on any atom is -0.396 e. The SMILES string of the molecule is Cc1ccc(S(=O)(=O)NCC2(CO)CCOCC2)cc1-c1cn2c(N)nc(C(F)(F)F)nc2n1. The monoisotopic (exact) mass is 500 g/mol. The highest BCUT2D eigenvalue weighted by Crippen LogP contribution is 2.31. The van der Waals surface area contributed by atoms with Crippen LogP contribution in [0, 0.1) is 12.3 Å². The first kappa shape index (κ1) is 24.3. The van der Waals surface area contributed by atoms with Gasteiger partial charge in [0.05, 0.1) is 17.2 Å². The van der Waals surface area contributed by atoms with E-state index in [2.05, 4.69) is 19.7 Å². The molecule has 4 N–H and O–H groups in total. The molecule has 0 bridgehead atoms. The minimum absolute atomic E-state index is 0.0408. The molecule has 0 radical (unpaired) electrons. The van der Waals surface area contributed by atoms with Crippen LogP contribution in [0.1, 0.15) is 24.2 Å². The van der Waals surface area contributed by atoms with Crippen molar-refractivity contribution in [2.24, 2.45) is 5.41 Å². The molecular weight excluding hydrogens is 477 g/mol. The molecule has 14 heteroatoms. The molecule has 4 rings (SSSR count). The molecule has 34 heavy (non-hydrogen) atoms. The van der Waals surface area contributed by atoms with Gasteiger partial charge in [-0.2, -0.15) is 23.1 Å². The van der Waals surface area contributed by atoms with Crippen molar-refractivity contribution in [2.75, 3.05) is 32.1 Å². The number of fused-ring (bicyclic) bond motifs is 1. The Labute approximate surface area is 193 Å². The van der Waals surface area contributed by atoms with E-state index in [9.17, 15) is 26.7 Å². The predicted molar refractivity (Wildman–Crippen MR) is 115 cm³/mol. The number of aryl methyl sites for hydroxylation is 1. The van der Waals surface area contributed by atoms with Crippen LogP contribution in [0.25, 0.3) is 17.0 Å². The molecule has 0 saturated carbocycles. The molecular formula is C20H23F3N6O4S. The first-order chi connectivity index (χ1) is 15.9. The molecule has 3 heterocycles.